The molecule has 17 heavy (non-hydrogen) atoms. The van der Waals surface area contributed by atoms with Crippen molar-refractivity contribution in [2.24, 2.45) is 0 Å². The van der Waals surface area contributed by atoms with E-state index in [0.29, 0.717) is 39.6 Å². The average molecular weight is 258 g/mol. The molecule has 0 unspecified atom stereocenters. The van der Waals surface area contributed by atoms with Crippen molar-refractivity contribution < 1.29 is 14.2 Å². The van der Waals surface area contributed by atoms with E-state index in [4.69, 9.17) is 14.2 Å². The van der Waals surface area contributed by atoms with Crippen LogP contribution in [0.3, 0.4) is 0 Å². The summed E-state index contributed by atoms with van der Waals surface area (Å²) in [5.41, 5.74) is 0. The quantitative estimate of drug-likeness (QED) is 0.752. The maximum atomic E-state index is 5.50. The van der Waals surface area contributed by atoms with Gasteiger partial charge in [-0.05, 0) is 0 Å². The molecule has 0 aromatic carbocycles. The smallest absolute Gasteiger partial charge is 0.185 e. The summed E-state index contributed by atoms with van der Waals surface area (Å²) in [5, 5.41) is 3.02. The standard InChI is InChI=1S/C11H18N2O3S/c1-10-17-11(12-1)13-2-4-14-6-8-16-9-7-15-5-3-13/h1,10H,2-9H2. The van der Waals surface area contributed by atoms with Crippen molar-refractivity contribution in [3.05, 3.63) is 11.6 Å². The molecule has 96 valence electrons. The fourth-order valence-electron chi connectivity index (χ4n) is 1.57. The highest BCUT2D eigenvalue weighted by atomic mass is 32.1. The molecule has 2 rings (SSSR count). The molecular weight excluding hydrogens is 240 g/mol. The second kappa shape index (κ2) is 7.60. The van der Waals surface area contributed by atoms with Crippen LogP contribution in [0.4, 0.5) is 5.13 Å². The first-order chi connectivity index (χ1) is 8.47. The Labute approximate surface area is 105 Å². The third kappa shape index (κ3) is 4.59. The lowest BCUT2D eigenvalue weighted by Gasteiger charge is -2.22. The van der Waals surface area contributed by atoms with Gasteiger partial charge in [0.05, 0.1) is 39.6 Å². The summed E-state index contributed by atoms with van der Waals surface area (Å²) in [5.74, 6) is 0. The molecule has 0 spiro atoms. The fourth-order valence-corrected chi connectivity index (χ4v) is 2.26. The zero-order valence-electron chi connectivity index (χ0n) is 9.84. The Bertz CT molecular complexity index is 283. The normalized spacial score (nSPS) is 20.6. The maximum absolute atomic E-state index is 5.50. The van der Waals surface area contributed by atoms with Gasteiger partial charge in [0.25, 0.3) is 0 Å². The van der Waals surface area contributed by atoms with E-state index in [0.717, 1.165) is 18.2 Å². The van der Waals surface area contributed by atoms with E-state index in [9.17, 15) is 0 Å². The third-order valence-electron chi connectivity index (χ3n) is 2.44. The Kier molecular flexibility index (Phi) is 5.70. The van der Waals surface area contributed by atoms with Gasteiger partial charge in [0, 0.05) is 24.7 Å². The average Bonchev–Trinajstić information content (AvgIpc) is 2.83. The van der Waals surface area contributed by atoms with Gasteiger partial charge in [-0.15, -0.1) is 11.3 Å². The Morgan fingerprint density at radius 1 is 0.941 bits per heavy atom. The fraction of sp³-hybridized carbons (Fsp3) is 0.727. The molecule has 1 aromatic heterocycles. The summed E-state index contributed by atoms with van der Waals surface area (Å²) in [6.07, 6.45) is 1.83. The minimum absolute atomic E-state index is 0.639. The molecule has 1 aliphatic heterocycles. The minimum Gasteiger partial charge on any atom is -0.377 e. The van der Waals surface area contributed by atoms with E-state index in [1.165, 1.54) is 0 Å². The SMILES string of the molecule is c1csc(N2CCOCCOCCOCC2)n1. The molecule has 1 saturated heterocycles. The number of nitrogens with zero attached hydrogens (tertiary/aromatic N) is 2. The van der Waals surface area contributed by atoms with Crippen LogP contribution in [0.15, 0.2) is 11.6 Å². The van der Waals surface area contributed by atoms with Crippen molar-refractivity contribution in [1.29, 1.82) is 0 Å². The van der Waals surface area contributed by atoms with Crippen molar-refractivity contribution in [1.82, 2.24) is 4.98 Å². The first kappa shape index (κ1) is 12.8. The Balaban J connectivity index is 1.84. The number of ether oxygens (including phenoxy) is 3. The van der Waals surface area contributed by atoms with Gasteiger partial charge in [0.1, 0.15) is 0 Å². The monoisotopic (exact) mass is 258 g/mol. The zero-order chi connectivity index (χ0) is 11.8. The van der Waals surface area contributed by atoms with Crippen molar-refractivity contribution in [2.45, 2.75) is 0 Å². The van der Waals surface area contributed by atoms with Crippen LogP contribution in [-0.4, -0.2) is 57.7 Å². The lowest BCUT2D eigenvalue weighted by molar-refractivity contribution is 0.0126. The van der Waals surface area contributed by atoms with Crippen LogP contribution < -0.4 is 4.90 Å². The largest absolute Gasteiger partial charge is 0.377 e. The van der Waals surface area contributed by atoms with E-state index in [1.54, 1.807) is 11.3 Å². The highest BCUT2D eigenvalue weighted by Crippen LogP contribution is 2.16. The Morgan fingerprint density at radius 2 is 1.53 bits per heavy atom. The lowest BCUT2D eigenvalue weighted by atomic mass is 10.5. The van der Waals surface area contributed by atoms with Gasteiger partial charge in [0.2, 0.25) is 0 Å². The second-order valence-corrected chi connectivity index (χ2v) is 4.51. The highest BCUT2D eigenvalue weighted by Gasteiger charge is 2.09. The summed E-state index contributed by atoms with van der Waals surface area (Å²) < 4.78 is 16.3. The van der Waals surface area contributed by atoms with Crippen molar-refractivity contribution >= 4 is 16.5 Å². The predicted molar refractivity (Wildman–Crippen MR) is 66.8 cm³/mol. The molecule has 2 heterocycles. The molecular formula is C11H18N2O3S. The van der Waals surface area contributed by atoms with Gasteiger partial charge < -0.3 is 19.1 Å². The molecule has 0 N–H and O–H groups in total. The van der Waals surface area contributed by atoms with E-state index >= 15 is 0 Å². The maximum Gasteiger partial charge on any atom is 0.185 e. The van der Waals surface area contributed by atoms with E-state index < -0.39 is 0 Å². The summed E-state index contributed by atoms with van der Waals surface area (Å²) in [6.45, 7) is 5.65. The minimum atomic E-state index is 0.639. The Hall–Kier alpha value is -0.690. The molecule has 0 saturated carbocycles. The summed E-state index contributed by atoms with van der Waals surface area (Å²) in [6, 6.07) is 0. The second-order valence-electron chi connectivity index (χ2n) is 3.64. The molecule has 1 aromatic rings. The molecule has 5 nitrogen and oxygen atoms in total. The first-order valence-corrected chi connectivity index (χ1v) is 6.72. The third-order valence-corrected chi connectivity index (χ3v) is 3.28. The van der Waals surface area contributed by atoms with Crippen LogP contribution in [0.25, 0.3) is 0 Å². The summed E-state index contributed by atoms with van der Waals surface area (Å²) in [4.78, 5) is 6.52. The van der Waals surface area contributed by atoms with Crippen molar-refractivity contribution in [3.63, 3.8) is 0 Å². The van der Waals surface area contributed by atoms with Crippen LogP contribution >= 0.6 is 11.3 Å². The molecule has 0 amide bonds. The van der Waals surface area contributed by atoms with Crippen LogP contribution in [0.5, 0.6) is 0 Å². The molecule has 0 aliphatic carbocycles. The van der Waals surface area contributed by atoms with Crippen molar-refractivity contribution in [3.8, 4) is 0 Å². The van der Waals surface area contributed by atoms with Gasteiger partial charge >= 0.3 is 0 Å². The van der Waals surface area contributed by atoms with Crippen molar-refractivity contribution in [2.75, 3.05) is 57.6 Å². The van der Waals surface area contributed by atoms with Gasteiger partial charge in [-0.3, -0.25) is 0 Å². The van der Waals surface area contributed by atoms with Gasteiger partial charge in [-0.2, -0.15) is 0 Å². The number of anilines is 1. The predicted octanol–water partition coefficient (Wildman–Crippen LogP) is 1.01. The lowest BCUT2D eigenvalue weighted by Crippen LogP contribution is -2.32. The van der Waals surface area contributed by atoms with Crippen LogP contribution in [0, 0.1) is 0 Å². The molecule has 0 atom stereocenters. The molecule has 0 bridgehead atoms. The van der Waals surface area contributed by atoms with E-state index in [2.05, 4.69) is 9.88 Å². The van der Waals surface area contributed by atoms with Crippen LogP contribution in [0.1, 0.15) is 0 Å². The topological polar surface area (TPSA) is 43.8 Å². The van der Waals surface area contributed by atoms with E-state index in [-0.39, 0.29) is 0 Å². The number of aromatic nitrogens is 1. The first-order valence-electron chi connectivity index (χ1n) is 5.84. The van der Waals surface area contributed by atoms with E-state index in [1.807, 2.05) is 11.6 Å². The number of hydrogen-bond donors (Lipinski definition) is 0. The molecule has 6 heteroatoms. The van der Waals surface area contributed by atoms with Gasteiger partial charge in [0.15, 0.2) is 5.13 Å². The van der Waals surface area contributed by atoms with Crippen LogP contribution in [-0.2, 0) is 14.2 Å². The summed E-state index contributed by atoms with van der Waals surface area (Å²) >= 11 is 1.65. The van der Waals surface area contributed by atoms with Gasteiger partial charge in [-0.25, -0.2) is 4.98 Å². The zero-order valence-corrected chi connectivity index (χ0v) is 10.7. The molecule has 0 radical (unpaired) electrons. The number of hydrogen-bond acceptors (Lipinski definition) is 6. The molecule has 1 aliphatic rings. The van der Waals surface area contributed by atoms with Gasteiger partial charge in [-0.1, -0.05) is 0 Å². The van der Waals surface area contributed by atoms with Crippen LogP contribution in [0.2, 0.25) is 0 Å². The molecule has 1 fully saturated rings. The highest BCUT2D eigenvalue weighted by molar-refractivity contribution is 7.13. The Morgan fingerprint density at radius 3 is 2.06 bits per heavy atom. The number of rotatable bonds is 1. The number of thiazole rings is 1. The summed E-state index contributed by atoms with van der Waals surface area (Å²) in [7, 11) is 0.